The van der Waals surface area contributed by atoms with Crippen molar-refractivity contribution in [2.75, 3.05) is 6.61 Å². The molecule has 1 atom stereocenters. The Bertz CT molecular complexity index is 987. The number of nitrogens with one attached hydrogen (secondary N) is 1. The minimum absolute atomic E-state index is 0.184. The predicted molar refractivity (Wildman–Crippen MR) is 101 cm³/mol. The second-order valence-corrected chi connectivity index (χ2v) is 6.70. The largest absolute Gasteiger partial charge is 0.481 e. The number of hydrogen-bond acceptors (Lipinski definition) is 3. The highest BCUT2D eigenvalue weighted by Crippen LogP contribution is 2.20. The van der Waals surface area contributed by atoms with Crippen molar-refractivity contribution >= 4 is 22.5 Å². The maximum atomic E-state index is 12.4. The Morgan fingerprint density at radius 3 is 2.77 bits per heavy atom. The molecule has 2 heterocycles. The molecule has 0 fully saturated rings. The van der Waals surface area contributed by atoms with Crippen LogP contribution in [0.4, 0.5) is 0 Å². The first kappa shape index (κ1) is 18.2. The van der Waals surface area contributed by atoms with Crippen molar-refractivity contribution in [1.29, 1.82) is 0 Å². The highest BCUT2D eigenvalue weighted by atomic mass is 16.5. The molecule has 0 bridgehead atoms. The third-order valence-corrected chi connectivity index (χ3v) is 4.59. The Morgan fingerprint density at radius 2 is 2.04 bits per heavy atom. The maximum Gasteiger partial charge on any atom is 0.306 e. The van der Waals surface area contributed by atoms with Crippen LogP contribution in [-0.4, -0.2) is 27.1 Å². The van der Waals surface area contributed by atoms with Crippen molar-refractivity contribution in [3.8, 4) is 0 Å². The van der Waals surface area contributed by atoms with Crippen molar-refractivity contribution in [3.63, 3.8) is 0 Å². The zero-order valence-corrected chi connectivity index (χ0v) is 15.1. The van der Waals surface area contributed by atoms with Crippen LogP contribution in [0.3, 0.4) is 0 Å². The number of carboxylic acids is 1. The SMILES string of the molecule is CCCCOCc1ccc2c(c1)[nH]c(=O)c1ccc(CC(C)C(=O)O)n12. The fourth-order valence-electron chi connectivity index (χ4n) is 3.09. The van der Waals surface area contributed by atoms with Gasteiger partial charge in [0.1, 0.15) is 5.52 Å². The number of ether oxygens (including phenoxy) is 1. The number of nitrogens with zero attached hydrogens (tertiary/aromatic N) is 1. The van der Waals surface area contributed by atoms with Crippen molar-refractivity contribution < 1.29 is 14.6 Å². The summed E-state index contributed by atoms with van der Waals surface area (Å²) < 4.78 is 7.51. The lowest BCUT2D eigenvalue weighted by Gasteiger charge is -2.11. The summed E-state index contributed by atoms with van der Waals surface area (Å²) in [5, 5.41) is 9.19. The fourth-order valence-corrected chi connectivity index (χ4v) is 3.09. The molecular weight excluding hydrogens is 332 g/mol. The van der Waals surface area contributed by atoms with Crippen LogP contribution < -0.4 is 5.56 Å². The van der Waals surface area contributed by atoms with Crippen LogP contribution in [0.2, 0.25) is 0 Å². The van der Waals surface area contributed by atoms with Gasteiger partial charge < -0.3 is 19.2 Å². The van der Waals surface area contributed by atoms with Crippen molar-refractivity contribution in [2.45, 2.75) is 39.7 Å². The van der Waals surface area contributed by atoms with Gasteiger partial charge in [-0.15, -0.1) is 0 Å². The molecule has 6 heteroatoms. The number of benzene rings is 1. The van der Waals surface area contributed by atoms with Gasteiger partial charge in [0.2, 0.25) is 0 Å². The van der Waals surface area contributed by atoms with E-state index >= 15 is 0 Å². The standard InChI is InChI=1S/C20H24N2O4/c1-3-4-9-26-12-14-5-7-17-16(11-14)21-19(23)18-8-6-15(22(17)18)10-13(2)20(24)25/h5-8,11,13H,3-4,9-10,12H2,1-2H3,(H,21,23)(H,24,25). The van der Waals surface area contributed by atoms with Gasteiger partial charge in [-0.3, -0.25) is 9.59 Å². The number of H-pyrrole nitrogens is 1. The van der Waals surface area contributed by atoms with E-state index in [2.05, 4.69) is 11.9 Å². The average molecular weight is 356 g/mol. The molecule has 3 rings (SSSR count). The van der Waals surface area contributed by atoms with Gasteiger partial charge in [0.25, 0.3) is 5.56 Å². The van der Waals surface area contributed by atoms with E-state index in [0.29, 0.717) is 18.5 Å². The number of aliphatic carboxylic acids is 1. The zero-order valence-electron chi connectivity index (χ0n) is 15.1. The number of unbranched alkanes of at least 4 members (excludes halogenated alkanes) is 1. The summed E-state index contributed by atoms with van der Waals surface area (Å²) in [6.45, 7) is 5.02. The van der Waals surface area contributed by atoms with Gasteiger partial charge in [0.15, 0.2) is 0 Å². The molecule has 138 valence electrons. The highest BCUT2D eigenvalue weighted by Gasteiger charge is 2.16. The van der Waals surface area contributed by atoms with E-state index in [1.165, 1.54) is 0 Å². The topological polar surface area (TPSA) is 83.8 Å². The molecule has 1 aromatic carbocycles. The Labute approximate surface area is 151 Å². The Balaban J connectivity index is 2.00. The Kier molecular flexibility index (Phi) is 5.42. The van der Waals surface area contributed by atoms with Crippen LogP contribution in [-0.2, 0) is 22.6 Å². The molecule has 0 saturated carbocycles. The van der Waals surface area contributed by atoms with Crippen molar-refractivity contribution in [2.24, 2.45) is 5.92 Å². The lowest BCUT2D eigenvalue weighted by Crippen LogP contribution is -2.15. The predicted octanol–water partition coefficient (Wildman–Crippen LogP) is 3.36. The molecule has 2 N–H and O–H groups in total. The number of fused-ring (bicyclic) bond motifs is 3. The van der Waals surface area contributed by atoms with Gasteiger partial charge in [-0.2, -0.15) is 0 Å². The van der Waals surface area contributed by atoms with Gasteiger partial charge >= 0.3 is 5.97 Å². The normalized spacial score (nSPS) is 12.7. The average Bonchev–Trinajstić information content (AvgIpc) is 3.03. The summed E-state index contributed by atoms with van der Waals surface area (Å²) >= 11 is 0. The number of carboxylic acid groups (broad SMARTS) is 1. The van der Waals surface area contributed by atoms with E-state index in [9.17, 15) is 14.7 Å². The second-order valence-electron chi connectivity index (χ2n) is 6.70. The summed E-state index contributed by atoms with van der Waals surface area (Å²) in [6.07, 6.45) is 2.48. The van der Waals surface area contributed by atoms with Crippen LogP contribution in [0, 0.1) is 5.92 Å². The minimum atomic E-state index is -0.847. The molecule has 0 spiro atoms. The molecule has 0 aliphatic heterocycles. The summed E-state index contributed by atoms with van der Waals surface area (Å²) in [4.78, 5) is 26.5. The lowest BCUT2D eigenvalue weighted by atomic mass is 10.1. The van der Waals surface area contributed by atoms with Crippen molar-refractivity contribution in [3.05, 3.63) is 51.9 Å². The van der Waals surface area contributed by atoms with Crippen LogP contribution in [0.1, 0.15) is 37.9 Å². The Hall–Kier alpha value is -2.60. The third-order valence-electron chi connectivity index (χ3n) is 4.59. The van der Waals surface area contributed by atoms with E-state index in [1.54, 1.807) is 13.0 Å². The summed E-state index contributed by atoms with van der Waals surface area (Å²) in [6, 6.07) is 9.42. The fraction of sp³-hybridized carbons (Fsp3) is 0.400. The molecule has 3 aromatic rings. The molecule has 0 radical (unpaired) electrons. The van der Waals surface area contributed by atoms with Gasteiger partial charge in [-0.1, -0.05) is 26.3 Å². The monoisotopic (exact) mass is 356 g/mol. The summed E-state index contributed by atoms with van der Waals surface area (Å²) in [7, 11) is 0. The minimum Gasteiger partial charge on any atom is -0.481 e. The highest BCUT2D eigenvalue weighted by molar-refractivity contribution is 5.79. The molecule has 0 amide bonds. The number of rotatable bonds is 8. The quantitative estimate of drug-likeness (QED) is 0.606. The molecule has 0 saturated heterocycles. The van der Waals surface area contributed by atoms with Crippen LogP contribution in [0.5, 0.6) is 0 Å². The molecule has 6 nitrogen and oxygen atoms in total. The number of hydrogen-bond donors (Lipinski definition) is 2. The van der Waals surface area contributed by atoms with E-state index in [0.717, 1.165) is 41.7 Å². The first-order chi connectivity index (χ1) is 12.5. The summed E-state index contributed by atoms with van der Waals surface area (Å²) in [5.74, 6) is -1.37. The molecule has 26 heavy (non-hydrogen) atoms. The second kappa shape index (κ2) is 7.74. The van der Waals surface area contributed by atoms with Crippen LogP contribution in [0.25, 0.3) is 16.6 Å². The van der Waals surface area contributed by atoms with Crippen LogP contribution >= 0.6 is 0 Å². The third kappa shape index (κ3) is 3.65. The van der Waals surface area contributed by atoms with E-state index in [1.807, 2.05) is 28.7 Å². The number of aromatic nitrogens is 2. The van der Waals surface area contributed by atoms with Gasteiger partial charge in [0.05, 0.1) is 23.6 Å². The van der Waals surface area contributed by atoms with E-state index in [-0.39, 0.29) is 5.56 Å². The first-order valence-electron chi connectivity index (χ1n) is 8.97. The smallest absolute Gasteiger partial charge is 0.306 e. The summed E-state index contributed by atoms with van der Waals surface area (Å²) in [5.41, 5.74) is 3.73. The van der Waals surface area contributed by atoms with Gasteiger partial charge in [0, 0.05) is 18.7 Å². The van der Waals surface area contributed by atoms with Crippen molar-refractivity contribution in [1.82, 2.24) is 9.38 Å². The van der Waals surface area contributed by atoms with Crippen LogP contribution in [0.15, 0.2) is 35.1 Å². The molecule has 0 aliphatic rings. The number of aromatic amines is 1. The van der Waals surface area contributed by atoms with E-state index < -0.39 is 11.9 Å². The van der Waals surface area contributed by atoms with Gasteiger partial charge in [-0.25, -0.2) is 0 Å². The Morgan fingerprint density at radius 1 is 1.27 bits per heavy atom. The number of carbonyl (C=O) groups is 1. The van der Waals surface area contributed by atoms with Gasteiger partial charge in [-0.05, 0) is 36.2 Å². The molecule has 2 aromatic heterocycles. The first-order valence-corrected chi connectivity index (χ1v) is 8.97. The lowest BCUT2D eigenvalue weighted by molar-refractivity contribution is -0.141. The van der Waals surface area contributed by atoms with E-state index in [4.69, 9.17) is 4.74 Å². The molecular formula is C20H24N2O4. The zero-order chi connectivity index (χ0) is 18.7. The molecule has 0 aliphatic carbocycles. The maximum absolute atomic E-state index is 12.4. The molecule has 1 unspecified atom stereocenters.